The molecule has 0 saturated carbocycles. The van der Waals surface area contributed by atoms with Gasteiger partial charge in [0.2, 0.25) is 0 Å². The lowest BCUT2D eigenvalue weighted by molar-refractivity contribution is 0.101. The summed E-state index contributed by atoms with van der Waals surface area (Å²) in [6.45, 7) is 0. The molecule has 5 aromatic rings. The minimum absolute atomic E-state index is 0.150. The summed E-state index contributed by atoms with van der Waals surface area (Å²) < 4.78 is 18.8. The molecule has 1 amide bonds. The van der Waals surface area contributed by atoms with Gasteiger partial charge in [0.05, 0.1) is 19.7 Å². The van der Waals surface area contributed by atoms with E-state index in [1.807, 2.05) is 73.9 Å². The number of aryl methyl sites for hydroxylation is 1. The molecule has 1 N–H and O–H groups in total. The Kier molecular flexibility index (Phi) is 5.51. The number of rotatable bonds is 6. The predicted octanol–water partition coefficient (Wildman–Crippen LogP) is 5.79. The number of aromatic nitrogens is 2. The van der Waals surface area contributed by atoms with Crippen molar-refractivity contribution in [3.63, 3.8) is 0 Å². The molecule has 0 unspecified atom stereocenters. The van der Waals surface area contributed by atoms with Gasteiger partial charge < -0.3 is 24.1 Å². The quantitative estimate of drug-likeness (QED) is 0.352. The van der Waals surface area contributed by atoms with Crippen molar-refractivity contribution in [2.45, 2.75) is 0 Å². The van der Waals surface area contributed by atoms with Gasteiger partial charge in [0.1, 0.15) is 17.2 Å². The zero-order valence-electron chi connectivity index (χ0n) is 19.0. The highest BCUT2D eigenvalue weighted by Gasteiger charge is 2.12. The van der Waals surface area contributed by atoms with Crippen LogP contribution in [-0.2, 0) is 7.05 Å². The molecule has 0 radical (unpaired) electrons. The largest absolute Gasteiger partial charge is 0.493 e. The molecule has 34 heavy (non-hydrogen) atoms. The maximum Gasteiger partial charge on any atom is 0.272 e. The van der Waals surface area contributed by atoms with Gasteiger partial charge in [0.25, 0.3) is 5.91 Å². The first kappa shape index (κ1) is 21.3. The summed E-state index contributed by atoms with van der Waals surface area (Å²) in [7, 11) is 5.04. The maximum atomic E-state index is 12.5. The van der Waals surface area contributed by atoms with Crippen molar-refractivity contribution in [3.05, 3.63) is 84.8 Å². The SMILES string of the molecule is COc1cc2nccc(Oc3ccc4cc(NC(=O)c5cccn5C)ccc4c3)c2cc1OC. The zero-order valence-corrected chi connectivity index (χ0v) is 19.0. The number of nitrogens with zero attached hydrogens (tertiary/aromatic N) is 2. The summed E-state index contributed by atoms with van der Waals surface area (Å²) in [6.07, 6.45) is 3.54. The molecule has 7 heteroatoms. The second kappa shape index (κ2) is 8.78. The van der Waals surface area contributed by atoms with Crippen LogP contribution in [0.3, 0.4) is 0 Å². The number of ether oxygens (including phenoxy) is 3. The minimum atomic E-state index is -0.150. The van der Waals surface area contributed by atoms with Gasteiger partial charge in [0.15, 0.2) is 11.5 Å². The summed E-state index contributed by atoms with van der Waals surface area (Å²) >= 11 is 0. The van der Waals surface area contributed by atoms with Gasteiger partial charge in [-0.05, 0) is 59.3 Å². The fourth-order valence-electron chi connectivity index (χ4n) is 3.92. The van der Waals surface area contributed by atoms with E-state index in [4.69, 9.17) is 14.2 Å². The molecule has 0 aliphatic rings. The van der Waals surface area contributed by atoms with Crippen LogP contribution >= 0.6 is 0 Å². The molecule has 5 rings (SSSR count). The number of methoxy groups -OCH3 is 2. The number of anilines is 1. The summed E-state index contributed by atoms with van der Waals surface area (Å²) in [5.74, 6) is 2.42. The Morgan fingerprint density at radius 1 is 0.882 bits per heavy atom. The first-order valence-electron chi connectivity index (χ1n) is 10.7. The lowest BCUT2D eigenvalue weighted by Crippen LogP contribution is -2.15. The molecule has 0 saturated heterocycles. The molecule has 0 fully saturated rings. The molecule has 2 aromatic heterocycles. The minimum Gasteiger partial charge on any atom is -0.493 e. The van der Waals surface area contributed by atoms with E-state index in [2.05, 4.69) is 10.3 Å². The van der Waals surface area contributed by atoms with E-state index in [1.54, 1.807) is 31.0 Å². The molecule has 2 heterocycles. The summed E-state index contributed by atoms with van der Waals surface area (Å²) in [4.78, 5) is 16.9. The first-order chi connectivity index (χ1) is 16.6. The molecule has 7 nitrogen and oxygen atoms in total. The van der Waals surface area contributed by atoms with Crippen LogP contribution in [-0.4, -0.2) is 29.7 Å². The van der Waals surface area contributed by atoms with Crippen LogP contribution in [0.5, 0.6) is 23.0 Å². The number of carbonyl (C=O) groups excluding carboxylic acids is 1. The normalized spacial score (nSPS) is 10.9. The standard InChI is InChI=1S/C27H23N3O4/c1-30-12-4-5-23(30)27(31)29-19-8-6-18-14-20(9-7-17(18)13-19)34-24-10-11-28-22-16-26(33-3)25(32-2)15-21(22)24/h4-16H,1-3H3,(H,29,31). The van der Waals surface area contributed by atoms with Crippen molar-refractivity contribution in [2.75, 3.05) is 19.5 Å². The Morgan fingerprint density at radius 3 is 2.41 bits per heavy atom. The number of fused-ring (bicyclic) bond motifs is 2. The van der Waals surface area contributed by atoms with Crippen LogP contribution in [0.4, 0.5) is 5.69 Å². The third kappa shape index (κ3) is 3.99. The van der Waals surface area contributed by atoms with Gasteiger partial charge in [-0.3, -0.25) is 9.78 Å². The first-order valence-corrected chi connectivity index (χ1v) is 10.7. The smallest absolute Gasteiger partial charge is 0.272 e. The van der Waals surface area contributed by atoms with Gasteiger partial charge in [-0.25, -0.2) is 0 Å². The zero-order chi connectivity index (χ0) is 23.7. The van der Waals surface area contributed by atoms with Crippen LogP contribution in [0.15, 0.2) is 79.1 Å². The molecule has 3 aromatic carbocycles. The fourth-order valence-corrected chi connectivity index (χ4v) is 3.92. The highest BCUT2D eigenvalue weighted by atomic mass is 16.5. The number of nitrogens with one attached hydrogen (secondary N) is 1. The van der Waals surface area contributed by atoms with Gasteiger partial charge >= 0.3 is 0 Å². The van der Waals surface area contributed by atoms with E-state index in [0.29, 0.717) is 28.7 Å². The lowest BCUT2D eigenvalue weighted by atomic mass is 10.1. The number of hydrogen-bond donors (Lipinski definition) is 1. The predicted molar refractivity (Wildman–Crippen MR) is 132 cm³/mol. The van der Waals surface area contributed by atoms with Crippen LogP contribution in [0, 0.1) is 0 Å². The average Bonchev–Trinajstić information content (AvgIpc) is 3.29. The van der Waals surface area contributed by atoms with Crippen molar-refractivity contribution in [1.29, 1.82) is 0 Å². The summed E-state index contributed by atoms with van der Waals surface area (Å²) in [5, 5.41) is 5.75. The number of amides is 1. The summed E-state index contributed by atoms with van der Waals surface area (Å²) in [5.41, 5.74) is 2.07. The second-order valence-corrected chi connectivity index (χ2v) is 7.82. The number of pyridine rings is 1. The van der Waals surface area contributed by atoms with Crippen LogP contribution in [0.2, 0.25) is 0 Å². The van der Waals surface area contributed by atoms with Crippen LogP contribution in [0.1, 0.15) is 10.5 Å². The summed E-state index contributed by atoms with van der Waals surface area (Å²) in [6, 6.07) is 20.8. The highest BCUT2D eigenvalue weighted by Crippen LogP contribution is 2.37. The van der Waals surface area contributed by atoms with Crippen LogP contribution < -0.4 is 19.5 Å². The van der Waals surface area contributed by atoms with E-state index in [9.17, 15) is 4.79 Å². The van der Waals surface area contributed by atoms with E-state index in [1.165, 1.54) is 0 Å². The Balaban J connectivity index is 1.42. The number of hydrogen-bond acceptors (Lipinski definition) is 5. The van der Waals surface area contributed by atoms with E-state index < -0.39 is 0 Å². The Morgan fingerprint density at radius 2 is 1.65 bits per heavy atom. The van der Waals surface area contributed by atoms with E-state index in [-0.39, 0.29) is 5.91 Å². The van der Waals surface area contributed by atoms with E-state index in [0.717, 1.165) is 27.4 Å². The Labute approximate surface area is 196 Å². The van der Waals surface area contributed by atoms with Crippen LogP contribution in [0.25, 0.3) is 21.7 Å². The third-order valence-corrected chi connectivity index (χ3v) is 5.68. The second-order valence-electron chi connectivity index (χ2n) is 7.82. The maximum absolute atomic E-state index is 12.5. The molecule has 0 aliphatic heterocycles. The van der Waals surface area contributed by atoms with Gasteiger partial charge in [-0.2, -0.15) is 0 Å². The molecule has 0 aliphatic carbocycles. The van der Waals surface area contributed by atoms with Gasteiger partial charge in [-0.1, -0.05) is 12.1 Å². The van der Waals surface area contributed by atoms with Crippen molar-refractivity contribution in [2.24, 2.45) is 7.05 Å². The molecule has 0 spiro atoms. The van der Waals surface area contributed by atoms with Gasteiger partial charge in [0, 0.05) is 36.6 Å². The average molecular weight is 453 g/mol. The topological polar surface area (TPSA) is 74.6 Å². The molecule has 0 atom stereocenters. The lowest BCUT2D eigenvalue weighted by Gasteiger charge is -2.13. The highest BCUT2D eigenvalue weighted by molar-refractivity contribution is 6.04. The van der Waals surface area contributed by atoms with Crippen molar-refractivity contribution in [3.8, 4) is 23.0 Å². The monoisotopic (exact) mass is 453 g/mol. The fraction of sp³-hybridized carbons (Fsp3) is 0.111. The Bertz CT molecular complexity index is 1520. The number of carbonyl (C=O) groups is 1. The molecule has 170 valence electrons. The molecular formula is C27H23N3O4. The van der Waals surface area contributed by atoms with Crippen molar-refractivity contribution >= 4 is 33.3 Å². The number of benzene rings is 3. The molecular weight excluding hydrogens is 430 g/mol. The van der Waals surface area contributed by atoms with Gasteiger partial charge in [-0.15, -0.1) is 0 Å². The Hall–Kier alpha value is -4.52. The van der Waals surface area contributed by atoms with Crippen molar-refractivity contribution in [1.82, 2.24) is 9.55 Å². The molecule has 0 bridgehead atoms. The van der Waals surface area contributed by atoms with Crippen molar-refractivity contribution < 1.29 is 19.0 Å². The third-order valence-electron chi connectivity index (χ3n) is 5.68. The van der Waals surface area contributed by atoms with E-state index >= 15 is 0 Å².